The van der Waals surface area contributed by atoms with Crippen molar-refractivity contribution in [2.45, 2.75) is 0 Å². The Morgan fingerprint density at radius 3 is 1.18 bits per heavy atom. The lowest BCUT2D eigenvalue weighted by molar-refractivity contribution is -0.384. The topological polar surface area (TPSA) is 139 Å². The van der Waals surface area contributed by atoms with Gasteiger partial charge in [-0.15, -0.1) is 0 Å². The highest BCUT2D eigenvalue weighted by Gasteiger charge is 2.20. The number of nitrogens with zero attached hydrogens (tertiary/aromatic N) is 6. The van der Waals surface area contributed by atoms with Crippen molar-refractivity contribution in [3.63, 3.8) is 0 Å². The maximum atomic E-state index is 11.6. The van der Waals surface area contributed by atoms with Crippen molar-refractivity contribution in [3.05, 3.63) is 155 Å². The summed E-state index contributed by atoms with van der Waals surface area (Å²) in [6, 6.07) is 32.0. The Kier molecular flexibility index (Phi) is 7.17. The summed E-state index contributed by atoms with van der Waals surface area (Å²) in [7, 11) is 0. The van der Waals surface area contributed by atoms with E-state index in [1.807, 2.05) is 103 Å². The predicted octanol–water partition coefficient (Wildman–Crippen LogP) is 9.42. The standard InChI is InChI=1S/C41H26N8O2/c50-49(51)26-12-10-25(11-13-26)38-30-14-16-32(45-30)39(27-7-1-4-22-42-27)34-18-20-36(47-34)41(29-9-3-6-24-44-29)37-21-19-35(48-37)40(28-8-2-5-23-43-28)33-17-15-31(38)46-33/h1-24,45,48H. The van der Waals surface area contributed by atoms with E-state index in [-0.39, 0.29) is 5.69 Å². The van der Waals surface area contributed by atoms with Gasteiger partial charge in [0, 0.05) is 58.5 Å². The van der Waals surface area contributed by atoms with Crippen molar-refractivity contribution < 1.29 is 4.92 Å². The van der Waals surface area contributed by atoms with Crippen LogP contribution in [0, 0.1) is 10.1 Å². The summed E-state index contributed by atoms with van der Waals surface area (Å²) in [5.41, 5.74) is 12.4. The van der Waals surface area contributed by atoms with E-state index < -0.39 is 4.92 Å². The van der Waals surface area contributed by atoms with Crippen LogP contribution in [0.3, 0.4) is 0 Å². The van der Waals surface area contributed by atoms with Gasteiger partial charge in [0.1, 0.15) is 0 Å². The first-order chi connectivity index (χ1) is 25.1. The zero-order chi connectivity index (χ0) is 34.3. The van der Waals surface area contributed by atoms with Gasteiger partial charge in [0.15, 0.2) is 0 Å². The molecule has 0 unspecified atom stereocenters. The average molecular weight is 663 g/mol. The third-order valence-electron chi connectivity index (χ3n) is 8.88. The van der Waals surface area contributed by atoms with Crippen LogP contribution in [0.4, 0.5) is 5.69 Å². The number of aromatic nitrogens is 7. The SMILES string of the molecule is O=[N+]([O-])c1ccc(-c2c3nc(c(-c4ccccn4)c4ccc([nH]4)c(-c4ccccn4)c4nc(c(-c5ccccn5)c5ccc2[nH]5)C=C4)C=C3)cc1. The van der Waals surface area contributed by atoms with Crippen LogP contribution >= 0.6 is 0 Å². The van der Waals surface area contributed by atoms with Crippen molar-refractivity contribution in [1.29, 1.82) is 0 Å². The fourth-order valence-electron chi connectivity index (χ4n) is 6.60. The maximum absolute atomic E-state index is 11.6. The minimum atomic E-state index is -0.399. The molecular weight excluding hydrogens is 637 g/mol. The van der Waals surface area contributed by atoms with Crippen molar-refractivity contribution in [2.75, 3.05) is 0 Å². The van der Waals surface area contributed by atoms with Crippen LogP contribution < -0.4 is 0 Å². The zero-order valence-electron chi connectivity index (χ0n) is 26.9. The molecule has 10 nitrogen and oxygen atoms in total. The number of non-ortho nitro benzene ring substituents is 1. The second-order valence-electron chi connectivity index (χ2n) is 12.0. The number of nitrogens with one attached hydrogen (secondary N) is 2. The fraction of sp³-hybridized carbons (Fsp3) is 0. The second kappa shape index (κ2) is 12.3. The number of fused-ring (bicyclic) bond motifs is 8. The summed E-state index contributed by atoms with van der Waals surface area (Å²) in [5, 5.41) is 11.6. The molecule has 0 fully saturated rings. The molecule has 0 radical (unpaired) electrons. The highest BCUT2D eigenvalue weighted by Crippen LogP contribution is 2.37. The van der Waals surface area contributed by atoms with Crippen LogP contribution in [0.1, 0.15) is 22.8 Å². The molecule has 7 aromatic rings. The third-order valence-corrected chi connectivity index (χ3v) is 8.88. The molecule has 2 aliphatic heterocycles. The molecule has 0 spiro atoms. The predicted molar refractivity (Wildman–Crippen MR) is 201 cm³/mol. The quantitative estimate of drug-likeness (QED) is 0.138. The van der Waals surface area contributed by atoms with Crippen molar-refractivity contribution in [3.8, 4) is 44.9 Å². The molecule has 0 atom stereocenters. The van der Waals surface area contributed by atoms with Gasteiger partial charge < -0.3 is 9.97 Å². The summed E-state index contributed by atoms with van der Waals surface area (Å²) in [6.45, 7) is 0. The van der Waals surface area contributed by atoms with Gasteiger partial charge >= 0.3 is 0 Å². The lowest BCUT2D eigenvalue weighted by Gasteiger charge is -2.06. The average Bonchev–Trinajstić information content (AvgIpc) is 4.01. The first kappa shape index (κ1) is 29.8. The van der Waals surface area contributed by atoms with Gasteiger partial charge in [0.2, 0.25) is 0 Å². The van der Waals surface area contributed by atoms with Crippen LogP contribution in [0.5, 0.6) is 0 Å². The Balaban J connectivity index is 1.46. The molecule has 8 heterocycles. The summed E-state index contributed by atoms with van der Waals surface area (Å²) in [6.07, 6.45) is 13.3. The first-order valence-corrected chi connectivity index (χ1v) is 16.3. The molecule has 1 aromatic carbocycles. The summed E-state index contributed by atoms with van der Waals surface area (Å²) in [4.78, 5) is 43.1. The number of aromatic amines is 2. The van der Waals surface area contributed by atoms with Gasteiger partial charge in [-0.05, 0) is 103 Å². The van der Waals surface area contributed by atoms with E-state index in [0.717, 1.165) is 78.4 Å². The number of nitro groups is 1. The lowest BCUT2D eigenvalue weighted by Crippen LogP contribution is -1.92. The van der Waals surface area contributed by atoms with E-state index in [9.17, 15) is 10.1 Å². The van der Waals surface area contributed by atoms with Crippen LogP contribution in [0.25, 0.3) is 91.3 Å². The number of pyridine rings is 3. The molecule has 0 aliphatic carbocycles. The monoisotopic (exact) mass is 662 g/mol. The number of benzene rings is 1. The van der Waals surface area contributed by atoms with Gasteiger partial charge in [0.05, 0.1) is 61.3 Å². The van der Waals surface area contributed by atoms with E-state index in [2.05, 4.69) is 9.97 Å². The first-order valence-electron chi connectivity index (χ1n) is 16.3. The van der Waals surface area contributed by atoms with E-state index in [1.165, 1.54) is 12.1 Å². The molecule has 0 saturated carbocycles. The van der Waals surface area contributed by atoms with Gasteiger partial charge in [-0.3, -0.25) is 25.1 Å². The van der Waals surface area contributed by atoms with Crippen LogP contribution in [-0.4, -0.2) is 39.8 Å². The lowest BCUT2D eigenvalue weighted by atomic mass is 10.0. The number of hydrogen-bond acceptors (Lipinski definition) is 7. The summed E-state index contributed by atoms with van der Waals surface area (Å²) >= 11 is 0. The van der Waals surface area contributed by atoms with Gasteiger partial charge in [0.25, 0.3) is 5.69 Å². The minimum Gasteiger partial charge on any atom is -0.354 e. The molecule has 0 saturated heterocycles. The third kappa shape index (κ3) is 5.37. The smallest absolute Gasteiger partial charge is 0.269 e. The highest BCUT2D eigenvalue weighted by molar-refractivity contribution is 5.98. The molecule has 51 heavy (non-hydrogen) atoms. The van der Waals surface area contributed by atoms with Crippen molar-refractivity contribution >= 4 is 52.1 Å². The normalized spacial score (nSPS) is 11.9. The van der Waals surface area contributed by atoms with Gasteiger partial charge in [-0.1, -0.05) is 18.2 Å². The molecule has 2 N–H and O–H groups in total. The number of nitro benzene ring substituents is 1. The Bertz CT molecular complexity index is 2660. The van der Waals surface area contributed by atoms with Gasteiger partial charge in [-0.25, -0.2) is 9.97 Å². The fourth-order valence-corrected chi connectivity index (χ4v) is 6.60. The Morgan fingerprint density at radius 1 is 0.451 bits per heavy atom. The van der Waals surface area contributed by atoms with E-state index >= 15 is 0 Å². The molecule has 2 aliphatic rings. The minimum absolute atomic E-state index is 0.00920. The molecular formula is C41H26N8O2. The number of H-pyrrole nitrogens is 2. The van der Waals surface area contributed by atoms with Gasteiger partial charge in [-0.2, -0.15) is 0 Å². The summed E-state index contributed by atoms with van der Waals surface area (Å²) in [5.74, 6) is 0. The zero-order valence-corrected chi connectivity index (χ0v) is 26.9. The van der Waals surface area contributed by atoms with Crippen LogP contribution in [-0.2, 0) is 0 Å². The Morgan fingerprint density at radius 2 is 0.824 bits per heavy atom. The highest BCUT2D eigenvalue weighted by atomic mass is 16.6. The van der Waals surface area contributed by atoms with E-state index in [1.54, 1.807) is 30.7 Å². The molecule has 0 amide bonds. The largest absolute Gasteiger partial charge is 0.354 e. The Hall–Kier alpha value is -7.33. The van der Waals surface area contributed by atoms with Crippen LogP contribution in [0.2, 0.25) is 0 Å². The molecule has 9 rings (SSSR count). The molecule has 6 aromatic heterocycles. The Labute approximate surface area is 290 Å². The maximum Gasteiger partial charge on any atom is 0.269 e. The molecule has 8 bridgehead atoms. The number of rotatable bonds is 5. The van der Waals surface area contributed by atoms with E-state index in [4.69, 9.17) is 24.9 Å². The summed E-state index contributed by atoms with van der Waals surface area (Å²) < 4.78 is 0. The van der Waals surface area contributed by atoms with E-state index in [0.29, 0.717) is 11.4 Å². The van der Waals surface area contributed by atoms with Crippen molar-refractivity contribution in [2.24, 2.45) is 0 Å². The number of hydrogen-bond donors (Lipinski definition) is 2. The van der Waals surface area contributed by atoms with Crippen molar-refractivity contribution in [1.82, 2.24) is 34.9 Å². The van der Waals surface area contributed by atoms with Crippen LogP contribution in [0.15, 0.2) is 122 Å². The molecule has 10 heteroatoms. The molecule has 242 valence electrons. The second-order valence-corrected chi connectivity index (χ2v) is 12.0.